The smallest absolute Gasteiger partial charge is 0.410 e. The van der Waals surface area contributed by atoms with Crippen LogP contribution in [0.4, 0.5) is 4.79 Å². The van der Waals surface area contributed by atoms with E-state index in [0.29, 0.717) is 37.3 Å². The lowest BCUT2D eigenvalue weighted by Crippen LogP contribution is -2.48. The fraction of sp³-hybridized carbons (Fsp3) is 0.474. The number of nitrogens with zero attached hydrogens (tertiary/aromatic N) is 5. The van der Waals surface area contributed by atoms with Gasteiger partial charge in [0.2, 0.25) is 0 Å². The number of aryl methyl sites for hydroxylation is 1. The number of fused-ring (bicyclic) bond motifs is 2. The first-order valence-electron chi connectivity index (χ1n) is 17.3. The maximum Gasteiger partial charge on any atom is 0.410 e. The van der Waals surface area contributed by atoms with Crippen molar-refractivity contribution in [1.82, 2.24) is 23.7 Å². The molecular weight excluding hydrogens is 671 g/mol. The summed E-state index contributed by atoms with van der Waals surface area (Å²) in [6.45, 7) is 15.8. The van der Waals surface area contributed by atoms with Gasteiger partial charge in [-0.1, -0.05) is 31.5 Å². The summed E-state index contributed by atoms with van der Waals surface area (Å²) >= 11 is 0. The molecule has 1 fully saturated rings. The van der Waals surface area contributed by atoms with Crippen LogP contribution in [-0.2, 0) is 37.3 Å². The molecule has 1 N–H and O–H groups in total. The summed E-state index contributed by atoms with van der Waals surface area (Å²) in [5, 5.41) is 10.6. The quantitative estimate of drug-likeness (QED) is 0.264. The number of hydrogen-bond acceptors (Lipinski definition) is 9. The molecule has 0 saturated carbocycles. The van der Waals surface area contributed by atoms with Crippen molar-refractivity contribution in [2.45, 2.75) is 96.4 Å². The van der Waals surface area contributed by atoms with E-state index in [2.05, 4.69) is 0 Å². The molecule has 2 amide bonds. The van der Waals surface area contributed by atoms with Crippen LogP contribution in [0.3, 0.4) is 0 Å². The molecule has 0 aliphatic carbocycles. The van der Waals surface area contributed by atoms with Crippen LogP contribution in [0.15, 0.2) is 53.7 Å². The Labute approximate surface area is 299 Å². The van der Waals surface area contributed by atoms with Gasteiger partial charge in [-0.3, -0.25) is 9.69 Å². The van der Waals surface area contributed by atoms with Crippen LogP contribution in [-0.4, -0.2) is 86.8 Å². The van der Waals surface area contributed by atoms with Crippen LogP contribution in [0.5, 0.6) is 0 Å². The van der Waals surface area contributed by atoms with E-state index in [1.54, 1.807) is 46.5 Å². The Morgan fingerprint density at radius 3 is 2.41 bits per heavy atom. The number of carbonyl (C=O) groups excluding carboxylic acids is 2. The largest absolute Gasteiger partial charge is 0.444 e. The second-order valence-electron chi connectivity index (χ2n) is 15.3. The molecule has 0 bridgehead atoms. The molecule has 1 saturated heterocycles. The maximum atomic E-state index is 13.8. The van der Waals surface area contributed by atoms with E-state index in [-0.39, 0.29) is 35.5 Å². The Bertz CT molecular complexity index is 2090. The van der Waals surface area contributed by atoms with Crippen molar-refractivity contribution in [3.8, 4) is 11.3 Å². The SMILES string of the molecule is Cc1ccc(S(=O)(=O)n2cc(C(C)C)c3nc(-c4cc5c(c([C@@H]6COCCN6C(=O)OC(C)(C)C)c4)CN(C(=O)C(C)(C)O)CC5)cnc32)cc1. The summed E-state index contributed by atoms with van der Waals surface area (Å²) in [5.41, 5.74) is 4.06. The minimum absolute atomic E-state index is 0.0494. The van der Waals surface area contributed by atoms with Gasteiger partial charge in [0.15, 0.2) is 5.65 Å². The summed E-state index contributed by atoms with van der Waals surface area (Å²) in [6.07, 6.45) is 3.23. The predicted molar refractivity (Wildman–Crippen MR) is 193 cm³/mol. The zero-order valence-corrected chi connectivity index (χ0v) is 31.4. The second-order valence-corrected chi connectivity index (χ2v) is 17.1. The number of carbonyl (C=O) groups is 2. The number of aliphatic hydroxyl groups is 1. The molecule has 0 radical (unpaired) electrons. The van der Waals surface area contributed by atoms with E-state index in [4.69, 9.17) is 19.4 Å². The highest BCUT2D eigenvalue weighted by Gasteiger charge is 2.37. The number of aromatic nitrogens is 3. The Hall–Kier alpha value is -4.33. The first-order chi connectivity index (χ1) is 23.8. The molecule has 6 rings (SSSR count). The van der Waals surface area contributed by atoms with Crippen LogP contribution in [0.2, 0.25) is 0 Å². The number of morpholine rings is 1. The van der Waals surface area contributed by atoms with Crippen molar-refractivity contribution in [3.05, 3.63) is 76.6 Å². The van der Waals surface area contributed by atoms with Gasteiger partial charge in [-0.15, -0.1) is 0 Å². The van der Waals surface area contributed by atoms with Gasteiger partial charge < -0.3 is 19.5 Å². The molecule has 13 heteroatoms. The van der Waals surface area contributed by atoms with Gasteiger partial charge in [0.25, 0.3) is 15.9 Å². The van der Waals surface area contributed by atoms with E-state index in [1.807, 2.05) is 53.7 Å². The predicted octanol–water partition coefficient (Wildman–Crippen LogP) is 5.73. The van der Waals surface area contributed by atoms with Crippen molar-refractivity contribution < 1.29 is 32.6 Å². The van der Waals surface area contributed by atoms with Crippen molar-refractivity contribution >= 4 is 33.2 Å². The lowest BCUT2D eigenvalue weighted by Gasteiger charge is -2.40. The van der Waals surface area contributed by atoms with E-state index >= 15 is 0 Å². The highest BCUT2D eigenvalue weighted by molar-refractivity contribution is 7.90. The van der Waals surface area contributed by atoms with Gasteiger partial charge in [-0.2, -0.15) is 0 Å². The monoisotopic (exact) mass is 717 g/mol. The molecule has 12 nitrogen and oxygen atoms in total. The highest BCUT2D eigenvalue weighted by Crippen LogP contribution is 2.38. The molecule has 1 atom stereocenters. The Kier molecular flexibility index (Phi) is 9.53. The molecule has 51 heavy (non-hydrogen) atoms. The number of benzene rings is 2. The van der Waals surface area contributed by atoms with Crippen LogP contribution in [0, 0.1) is 6.92 Å². The third-order valence-corrected chi connectivity index (χ3v) is 11.0. The standard InChI is InChI=1S/C38H47N5O7S/c1-23(2)29-21-43(51(47,48)27-11-9-24(3)10-12-27)34-33(29)40-31(19-39-34)26-17-25-13-14-41(35(44)38(7,8)46)20-30(25)28(18-26)32-22-49-16-15-42(32)36(45)50-37(4,5)6/h9-12,17-19,21,23,32,46H,13-16,20,22H2,1-8H3/t32-/m0/s1. The first kappa shape index (κ1) is 36.5. The molecular formula is C38H47N5O7S. The van der Waals surface area contributed by atoms with E-state index in [1.165, 1.54) is 17.8 Å². The van der Waals surface area contributed by atoms with E-state index < -0.39 is 33.4 Å². The summed E-state index contributed by atoms with van der Waals surface area (Å²) in [4.78, 5) is 40.0. The lowest BCUT2D eigenvalue weighted by molar-refractivity contribution is -0.148. The fourth-order valence-corrected chi connectivity index (χ4v) is 7.98. The van der Waals surface area contributed by atoms with Crippen molar-refractivity contribution in [2.24, 2.45) is 0 Å². The summed E-state index contributed by atoms with van der Waals surface area (Å²) < 4.78 is 40.6. The van der Waals surface area contributed by atoms with Gasteiger partial charge >= 0.3 is 6.09 Å². The summed E-state index contributed by atoms with van der Waals surface area (Å²) in [7, 11) is -3.96. The van der Waals surface area contributed by atoms with Crippen molar-refractivity contribution in [2.75, 3.05) is 26.3 Å². The average Bonchev–Trinajstić information content (AvgIpc) is 3.46. The van der Waals surface area contributed by atoms with Crippen molar-refractivity contribution in [3.63, 3.8) is 0 Å². The van der Waals surface area contributed by atoms with Crippen LogP contribution in [0.1, 0.15) is 88.2 Å². The zero-order chi connectivity index (χ0) is 37.0. The number of rotatable bonds is 6. The molecule has 2 aliphatic heterocycles. The maximum absolute atomic E-state index is 13.8. The molecule has 0 unspecified atom stereocenters. The molecule has 2 aliphatic rings. The Balaban J connectivity index is 1.49. The Morgan fingerprint density at radius 1 is 1.06 bits per heavy atom. The summed E-state index contributed by atoms with van der Waals surface area (Å²) in [5.74, 6) is -0.429. The average molecular weight is 718 g/mol. The fourth-order valence-electron chi connectivity index (χ4n) is 6.66. The lowest BCUT2D eigenvalue weighted by atomic mass is 9.87. The van der Waals surface area contributed by atoms with E-state index in [9.17, 15) is 23.1 Å². The third kappa shape index (κ3) is 7.24. The molecule has 4 aromatic rings. The van der Waals surface area contributed by atoms with Crippen molar-refractivity contribution in [1.29, 1.82) is 0 Å². The van der Waals surface area contributed by atoms with Gasteiger partial charge in [-0.25, -0.2) is 27.2 Å². The van der Waals surface area contributed by atoms with Crippen LogP contribution in [0.25, 0.3) is 22.4 Å². The first-order valence-corrected chi connectivity index (χ1v) is 18.7. The minimum Gasteiger partial charge on any atom is -0.444 e. The van der Waals surface area contributed by atoms with E-state index in [0.717, 1.165) is 33.4 Å². The second kappa shape index (κ2) is 13.3. The van der Waals surface area contributed by atoms with Gasteiger partial charge in [0, 0.05) is 37.0 Å². The molecule has 2 aromatic carbocycles. The third-order valence-electron chi connectivity index (χ3n) is 9.29. The molecule has 2 aromatic heterocycles. The van der Waals surface area contributed by atoms with Crippen LogP contribution < -0.4 is 0 Å². The molecule has 272 valence electrons. The topological polar surface area (TPSA) is 144 Å². The zero-order valence-electron chi connectivity index (χ0n) is 30.6. The number of ether oxygens (including phenoxy) is 2. The van der Waals surface area contributed by atoms with Gasteiger partial charge in [0.05, 0.1) is 36.0 Å². The number of hydrogen-bond donors (Lipinski definition) is 1. The molecule has 4 heterocycles. The summed E-state index contributed by atoms with van der Waals surface area (Å²) in [6, 6.07) is 10.2. The minimum atomic E-state index is -3.96. The number of amides is 2. The van der Waals surface area contributed by atoms with Gasteiger partial charge in [-0.05, 0) is 94.8 Å². The Morgan fingerprint density at radius 2 is 1.76 bits per heavy atom. The highest BCUT2D eigenvalue weighted by atomic mass is 32.2. The van der Waals surface area contributed by atoms with Crippen LogP contribution >= 0.6 is 0 Å². The van der Waals surface area contributed by atoms with Gasteiger partial charge in [0.1, 0.15) is 16.7 Å². The molecule has 0 spiro atoms. The normalized spacial score (nSPS) is 17.2.